The largest absolute Gasteiger partial charge is 0.487 e. The van der Waals surface area contributed by atoms with Gasteiger partial charge in [-0.1, -0.05) is 18.2 Å². The highest BCUT2D eigenvalue weighted by molar-refractivity contribution is 5.42. The second-order valence-electron chi connectivity index (χ2n) is 7.04. The molecule has 0 spiro atoms. The quantitative estimate of drug-likeness (QED) is 0.778. The Kier molecular flexibility index (Phi) is 4.01. The van der Waals surface area contributed by atoms with Gasteiger partial charge in [0.15, 0.2) is 0 Å². The average Bonchev–Trinajstić information content (AvgIpc) is 3.21. The van der Waals surface area contributed by atoms with Gasteiger partial charge in [0.1, 0.15) is 23.5 Å². The molecule has 25 heavy (non-hydrogen) atoms. The molecule has 0 saturated carbocycles. The summed E-state index contributed by atoms with van der Waals surface area (Å²) in [6.07, 6.45) is 8.22. The lowest BCUT2D eigenvalue weighted by Crippen LogP contribution is -2.24. The monoisotopic (exact) mass is 334 g/mol. The van der Waals surface area contributed by atoms with Crippen LogP contribution in [0.3, 0.4) is 0 Å². The van der Waals surface area contributed by atoms with Gasteiger partial charge in [-0.05, 0) is 37.1 Å². The number of fused-ring (bicyclic) bond motifs is 1. The van der Waals surface area contributed by atoms with E-state index in [4.69, 9.17) is 4.74 Å². The van der Waals surface area contributed by atoms with Crippen LogP contribution in [-0.2, 0) is 19.5 Å². The van der Waals surface area contributed by atoms with E-state index in [1.165, 1.54) is 11.1 Å². The zero-order chi connectivity index (χ0) is 17.3. The number of imidazole rings is 1. The molecule has 0 atom stereocenters. The second kappa shape index (κ2) is 6.33. The Labute approximate surface area is 147 Å². The number of benzene rings is 1. The molecule has 5 nitrogen and oxygen atoms in total. The molecule has 0 unspecified atom stereocenters. The molecule has 128 valence electrons. The standard InChI is InChI=1S/C20H22N4O/c1-20(2)11-17-10-15(5-6-18(17)25-20)12-22-13-16-4-3-7-23-19(16)24-9-8-21-14-24/h3-10,14,22H,11-13H2,1-2H3. The van der Waals surface area contributed by atoms with Gasteiger partial charge in [-0.2, -0.15) is 0 Å². The van der Waals surface area contributed by atoms with Crippen molar-refractivity contribution in [1.82, 2.24) is 19.9 Å². The van der Waals surface area contributed by atoms with E-state index in [1.807, 2.05) is 16.8 Å². The maximum absolute atomic E-state index is 5.94. The third kappa shape index (κ3) is 3.42. The van der Waals surface area contributed by atoms with Gasteiger partial charge in [0, 0.05) is 43.7 Å². The molecule has 1 aromatic carbocycles. The fourth-order valence-corrected chi connectivity index (χ4v) is 3.30. The van der Waals surface area contributed by atoms with Gasteiger partial charge in [0.25, 0.3) is 0 Å². The molecule has 3 heterocycles. The number of nitrogens with one attached hydrogen (secondary N) is 1. The van der Waals surface area contributed by atoms with Crippen LogP contribution >= 0.6 is 0 Å². The highest BCUT2D eigenvalue weighted by atomic mass is 16.5. The lowest BCUT2D eigenvalue weighted by Gasteiger charge is -2.16. The number of hydrogen-bond donors (Lipinski definition) is 1. The number of ether oxygens (including phenoxy) is 1. The molecular weight excluding hydrogens is 312 g/mol. The highest BCUT2D eigenvalue weighted by Gasteiger charge is 2.29. The molecule has 0 amide bonds. The first kappa shape index (κ1) is 15.8. The minimum absolute atomic E-state index is 0.0935. The van der Waals surface area contributed by atoms with E-state index in [1.54, 1.807) is 18.7 Å². The number of nitrogens with zero attached hydrogens (tertiary/aromatic N) is 3. The Morgan fingerprint density at radius 3 is 2.96 bits per heavy atom. The van der Waals surface area contributed by atoms with Crippen LogP contribution in [0, 0.1) is 0 Å². The van der Waals surface area contributed by atoms with Crippen molar-refractivity contribution in [3.63, 3.8) is 0 Å². The van der Waals surface area contributed by atoms with Gasteiger partial charge >= 0.3 is 0 Å². The second-order valence-corrected chi connectivity index (χ2v) is 7.04. The molecular formula is C20H22N4O. The van der Waals surface area contributed by atoms with Crippen molar-refractivity contribution >= 4 is 0 Å². The van der Waals surface area contributed by atoms with Gasteiger partial charge in [0.2, 0.25) is 0 Å². The topological polar surface area (TPSA) is 52.0 Å². The first-order chi connectivity index (χ1) is 12.1. The molecule has 2 aromatic heterocycles. The van der Waals surface area contributed by atoms with E-state index in [9.17, 15) is 0 Å². The maximum Gasteiger partial charge on any atom is 0.142 e. The van der Waals surface area contributed by atoms with Crippen molar-refractivity contribution in [3.05, 3.63) is 71.9 Å². The molecule has 0 aliphatic carbocycles. The smallest absolute Gasteiger partial charge is 0.142 e. The normalized spacial score (nSPS) is 15.0. The van der Waals surface area contributed by atoms with E-state index in [0.29, 0.717) is 0 Å². The van der Waals surface area contributed by atoms with Gasteiger partial charge < -0.3 is 10.1 Å². The van der Waals surface area contributed by atoms with Crippen molar-refractivity contribution < 1.29 is 4.74 Å². The van der Waals surface area contributed by atoms with Gasteiger partial charge in [-0.25, -0.2) is 9.97 Å². The summed E-state index contributed by atoms with van der Waals surface area (Å²) in [7, 11) is 0. The first-order valence-electron chi connectivity index (χ1n) is 8.54. The number of hydrogen-bond acceptors (Lipinski definition) is 4. The molecule has 0 bridgehead atoms. The molecule has 0 fully saturated rings. The van der Waals surface area contributed by atoms with E-state index >= 15 is 0 Å². The summed E-state index contributed by atoms with van der Waals surface area (Å²) < 4.78 is 7.88. The lowest BCUT2D eigenvalue weighted by atomic mass is 10.0. The maximum atomic E-state index is 5.94. The third-order valence-electron chi connectivity index (χ3n) is 4.39. The molecule has 1 N–H and O–H groups in total. The van der Waals surface area contributed by atoms with Crippen LogP contribution in [0.5, 0.6) is 5.75 Å². The van der Waals surface area contributed by atoms with E-state index in [2.05, 4.69) is 53.4 Å². The predicted octanol–water partition coefficient (Wildman–Crippen LogP) is 3.27. The fourth-order valence-electron chi connectivity index (χ4n) is 3.30. The zero-order valence-corrected chi connectivity index (χ0v) is 14.6. The minimum atomic E-state index is -0.0935. The zero-order valence-electron chi connectivity index (χ0n) is 14.6. The highest BCUT2D eigenvalue weighted by Crippen LogP contribution is 2.35. The van der Waals surface area contributed by atoms with E-state index in [0.717, 1.165) is 36.6 Å². The van der Waals surface area contributed by atoms with Crippen LogP contribution in [0.25, 0.3) is 5.82 Å². The molecule has 0 saturated heterocycles. The first-order valence-corrected chi connectivity index (χ1v) is 8.54. The van der Waals surface area contributed by atoms with Crippen LogP contribution in [0.4, 0.5) is 0 Å². The van der Waals surface area contributed by atoms with Crippen molar-refractivity contribution in [2.45, 2.75) is 39.0 Å². The summed E-state index contributed by atoms with van der Waals surface area (Å²) in [5.41, 5.74) is 3.62. The Hall–Kier alpha value is -2.66. The SMILES string of the molecule is CC1(C)Cc2cc(CNCc3cccnc3-n3ccnc3)ccc2O1. The van der Waals surface area contributed by atoms with Gasteiger partial charge in [-0.3, -0.25) is 4.57 Å². The summed E-state index contributed by atoms with van der Waals surface area (Å²) in [5.74, 6) is 1.93. The van der Waals surface area contributed by atoms with Crippen LogP contribution in [0.2, 0.25) is 0 Å². The molecule has 4 rings (SSSR count). The van der Waals surface area contributed by atoms with Gasteiger partial charge in [-0.15, -0.1) is 0 Å². The van der Waals surface area contributed by atoms with E-state index < -0.39 is 0 Å². The van der Waals surface area contributed by atoms with Crippen molar-refractivity contribution in [3.8, 4) is 11.6 Å². The lowest BCUT2D eigenvalue weighted by molar-refractivity contribution is 0.138. The minimum Gasteiger partial charge on any atom is -0.487 e. The molecule has 5 heteroatoms. The molecule has 1 aliphatic rings. The van der Waals surface area contributed by atoms with E-state index in [-0.39, 0.29) is 5.60 Å². The number of aromatic nitrogens is 3. The van der Waals surface area contributed by atoms with Crippen molar-refractivity contribution in [2.24, 2.45) is 0 Å². The molecule has 1 aliphatic heterocycles. The Morgan fingerprint density at radius 1 is 1.20 bits per heavy atom. The van der Waals surface area contributed by atoms with Gasteiger partial charge in [0.05, 0.1) is 0 Å². The Bertz CT molecular complexity index is 871. The summed E-state index contributed by atoms with van der Waals surface area (Å²) in [6.45, 7) is 5.82. The summed E-state index contributed by atoms with van der Waals surface area (Å²) >= 11 is 0. The predicted molar refractivity (Wildman–Crippen MR) is 96.8 cm³/mol. The third-order valence-corrected chi connectivity index (χ3v) is 4.39. The molecule has 3 aromatic rings. The van der Waals surface area contributed by atoms with Crippen LogP contribution in [0.1, 0.15) is 30.5 Å². The number of rotatable bonds is 5. The summed E-state index contributed by atoms with van der Waals surface area (Å²) in [5, 5.41) is 3.52. The number of pyridine rings is 1. The Morgan fingerprint density at radius 2 is 2.12 bits per heavy atom. The van der Waals surface area contributed by atoms with Crippen molar-refractivity contribution in [1.29, 1.82) is 0 Å². The molecule has 0 radical (unpaired) electrons. The van der Waals surface area contributed by atoms with Crippen LogP contribution in [0.15, 0.2) is 55.2 Å². The summed E-state index contributed by atoms with van der Waals surface area (Å²) in [4.78, 5) is 8.58. The van der Waals surface area contributed by atoms with Crippen molar-refractivity contribution in [2.75, 3.05) is 0 Å². The fraction of sp³-hybridized carbons (Fsp3) is 0.300. The summed E-state index contributed by atoms with van der Waals surface area (Å²) in [6, 6.07) is 10.5. The van der Waals surface area contributed by atoms with Crippen LogP contribution in [-0.4, -0.2) is 20.1 Å². The van der Waals surface area contributed by atoms with Crippen LogP contribution < -0.4 is 10.1 Å². The average molecular weight is 334 g/mol. The Balaban J connectivity index is 1.43.